The predicted octanol–water partition coefficient (Wildman–Crippen LogP) is 2.08. The smallest absolute Gasteiger partial charge is 0.145 e. The summed E-state index contributed by atoms with van der Waals surface area (Å²) in [5.74, 6) is 0. The Balaban J connectivity index is 2.06. The van der Waals surface area contributed by atoms with Crippen LogP contribution in [0.15, 0.2) is 11.6 Å². The van der Waals surface area contributed by atoms with Crippen molar-refractivity contribution in [1.82, 2.24) is 0 Å². The molecule has 1 saturated carbocycles. The van der Waals surface area contributed by atoms with Gasteiger partial charge in [0.2, 0.25) is 0 Å². The first kappa shape index (κ1) is 6.14. The van der Waals surface area contributed by atoms with Gasteiger partial charge in [-0.05, 0) is 43.1 Å². The number of carbonyl (C=O) groups excluding carboxylic acids is 1. The fraction of sp³-hybridized carbons (Fsp3) is 0.667. The first-order valence-electron chi connectivity index (χ1n) is 3.99. The first-order chi connectivity index (χ1) is 4.85. The van der Waals surface area contributed by atoms with E-state index in [0.717, 1.165) is 18.3 Å². The maximum atomic E-state index is 10.3. The van der Waals surface area contributed by atoms with E-state index in [2.05, 4.69) is 6.08 Å². The zero-order valence-corrected chi connectivity index (χ0v) is 6.10. The summed E-state index contributed by atoms with van der Waals surface area (Å²) in [7, 11) is 0. The number of aldehydes is 1. The lowest BCUT2D eigenvalue weighted by atomic mass is 9.87. The van der Waals surface area contributed by atoms with Crippen LogP contribution in [0.4, 0.5) is 0 Å². The Morgan fingerprint density at radius 2 is 2.20 bits per heavy atom. The average molecular weight is 136 g/mol. The Morgan fingerprint density at radius 3 is 2.60 bits per heavy atom. The Morgan fingerprint density at radius 1 is 1.40 bits per heavy atom. The summed E-state index contributed by atoms with van der Waals surface area (Å²) in [6.07, 6.45) is 9.40. The zero-order valence-electron chi connectivity index (χ0n) is 6.10. The third-order valence-electron chi connectivity index (χ3n) is 2.85. The molecule has 2 aliphatic carbocycles. The Labute approximate surface area is 61.1 Å². The van der Waals surface area contributed by atoms with E-state index in [1.165, 1.54) is 25.7 Å². The summed E-state index contributed by atoms with van der Waals surface area (Å²) in [5, 5.41) is 0. The van der Waals surface area contributed by atoms with Crippen molar-refractivity contribution >= 4 is 6.29 Å². The molecule has 0 radical (unpaired) electrons. The summed E-state index contributed by atoms with van der Waals surface area (Å²) < 4.78 is 0. The minimum absolute atomic E-state index is 0.673. The maximum absolute atomic E-state index is 10.3. The van der Waals surface area contributed by atoms with Crippen molar-refractivity contribution < 1.29 is 4.79 Å². The van der Waals surface area contributed by atoms with Gasteiger partial charge in [0.05, 0.1) is 0 Å². The Bertz CT molecular complexity index is 187. The fourth-order valence-electron chi connectivity index (χ4n) is 1.70. The standard InChI is InChI=1S/C9H12O/c10-7-8-1-3-9(4-2-8)5-6-9/h1,7H,2-6H2. The van der Waals surface area contributed by atoms with Crippen LogP contribution in [0.25, 0.3) is 0 Å². The van der Waals surface area contributed by atoms with Gasteiger partial charge in [-0.2, -0.15) is 0 Å². The normalized spacial score (nSPS) is 27.8. The lowest BCUT2D eigenvalue weighted by Crippen LogP contribution is -2.05. The van der Waals surface area contributed by atoms with Crippen LogP contribution in [-0.2, 0) is 4.79 Å². The van der Waals surface area contributed by atoms with Gasteiger partial charge in [0, 0.05) is 0 Å². The summed E-state index contributed by atoms with van der Waals surface area (Å²) in [6.45, 7) is 0. The second kappa shape index (κ2) is 1.94. The third-order valence-corrected chi connectivity index (χ3v) is 2.85. The molecule has 10 heavy (non-hydrogen) atoms. The predicted molar refractivity (Wildman–Crippen MR) is 39.7 cm³/mol. The molecule has 0 aliphatic heterocycles. The van der Waals surface area contributed by atoms with Gasteiger partial charge in [0.25, 0.3) is 0 Å². The molecule has 1 spiro atoms. The SMILES string of the molecule is O=CC1=CCC2(CC1)CC2. The van der Waals surface area contributed by atoms with E-state index in [-0.39, 0.29) is 0 Å². The quantitative estimate of drug-likeness (QED) is 0.504. The largest absolute Gasteiger partial charge is 0.298 e. The summed E-state index contributed by atoms with van der Waals surface area (Å²) in [6, 6.07) is 0. The summed E-state index contributed by atoms with van der Waals surface area (Å²) in [5.41, 5.74) is 1.70. The van der Waals surface area contributed by atoms with Crippen LogP contribution in [0.3, 0.4) is 0 Å². The van der Waals surface area contributed by atoms with E-state index < -0.39 is 0 Å². The van der Waals surface area contributed by atoms with Gasteiger partial charge >= 0.3 is 0 Å². The second-order valence-corrected chi connectivity index (χ2v) is 3.60. The van der Waals surface area contributed by atoms with Crippen molar-refractivity contribution in [3.63, 3.8) is 0 Å². The van der Waals surface area contributed by atoms with E-state index in [4.69, 9.17) is 0 Å². The first-order valence-corrected chi connectivity index (χ1v) is 3.99. The average Bonchev–Trinajstić information content (AvgIpc) is 2.72. The van der Waals surface area contributed by atoms with Gasteiger partial charge in [-0.15, -0.1) is 0 Å². The van der Waals surface area contributed by atoms with Crippen molar-refractivity contribution in [1.29, 1.82) is 0 Å². The molecular weight excluding hydrogens is 124 g/mol. The molecule has 1 heteroatoms. The van der Waals surface area contributed by atoms with Crippen LogP contribution < -0.4 is 0 Å². The van der Waals surface area contributed by atoms with Crippen LogP contribution in [0.2, 0.25) is 0 Å². The topological polar surface area (TPSA) is 17.1 Å². The highest BCUT2D eigenvalue weighted by Crippen LogP contribution is 2.55. The molecule has 1 nitrogen and oxygen atoms in total. The van der Waals surface area contributed by atoms with Crippen LogP contribution in [0, 0.1) is 5.41 Å². The van der Waals surface area contributed by atoms with Crippen LogP contribution in [-0.4, -0.2) is 6.29 Å². The number of hydrogen-bond acceptors (Lipinski definition) is 1. The third kappa shape index (κ3) is 0.898. The van der Waals surface area contributed by atoms with Gasteiger partial charge in [0.15, 0.2) is 0 Å². The molecule has 0 saturated heterocycles. The van der Waals surface area contributed by atoms with Crippen LogP contribution in [0.5, 0.6) is 0 Å². The van der Waals surface area contributed by atoms with Crippen molar-refractivity contribution in [3.8, 4) is 0 Å². The molecule has 2 aliphatic rings. The molecule has 0 atom stereocenters. The van der Waals surface area contributed by atoms with Gasteiger partial charge in [-0.1, -0.05) is 6.08 Å². The van der Waals surface area contributed by atoms with E-state index >= 15 is 0 Å². The molecule has 0 N–H and O–H groups in total. The van der Waals surface area contributed by atoms with E-state index in [1.54, 1.807) is 0 Å². The lowest BCUT2D eigenvalue weighted by molar-refractivity contribution is -0.105. The molecule has 0 aromatic heterocycles. The number of hydrogen-bond donors (Lipinski definition) is 0. The van der Waals surface area contributed by atoms with Crippen LogP contribution in [0.1, 0.15) is 32.1 Å². The molecule has 0 aromatic carbocycles. The molecule has 0 amide bonds. The zero-order chi connectivity index (χ0) is 7.03. The van der Waals surface area contributed by atoms with E-state index in [0.29, 0.717) is 5.41 Å². The number of allylic oxidation sites excluding steroid dienone is 2. The highest BCUT2D eigenvalue weighted by Gasteiger charge is 2.42. The Hall–Kier alpha value is -0.590. The molecular formula is C9H12O. The highest BCUT2D eigenvalue weighted by atomic mass is 16.1. The van der Waals surface area contributed by atoms with Gasteiger partial charge in [-0.3, -0.25) is 4.79 Å². The minimum atomic E-state index is 0.673. The molecule has 0 heterocycles. The van der Waals surface area contributed by atoms with Crippen molar-refractivity contribution in [2.24, 2.45) is 5.41 Å². The minimum Gasteiger partial charge on any atom is -0.298 e. The second-order valence-electron chi connectivity index (χ2n) is 3.60. The molecule has 0 bridgehead atoms. The molecule has 1 fully saturated rings. The van der Waals surface area contributed by atoms with Crippen LogP contribution >= 0.6 is 0 Å². The number of rotatable bonds is 1. The van der Waals surface area contributed by atoms with Gasteiger partial charge in [-0.25, -0.2) is 0 Å². The lowest BCUT2D eigenvalue weighted by Gasteiger charge is -2.17. The van der Waals surface area contributed by atoms with Crippen molar-refractivity contribution in [3.05, 3.63) is 11.6 Å². The van der Waals surface area contributed by atoms with E-state index in [9.17, 15) is 4.79 Å². The number of carbonyl (C=O) groups is 1. The summed E-state index contributed by atoms with van der Waals surface area (Å²) >= 11 is 0. The monoisotopic (exact) mass is 136 g/mol. The Kier molecular flexibility index (Phi) is 1.19. The molecule has 54 valence electrons. The van der Waals surface area contributed by atoms with E-state index in [1.807, 2.05) is 0 Å². The molecule has 2 rings (SSSR count). The molecule has 0 aromatic rings. The summed E-state index contributed by atoms with van der Waals surface area (Å²) in [4.78, 5) is 10.3. The maximum Gasteiger partial charge on any atom is 0.145 e. The fourth-order valence-corrected chi connectivity index (χ4v) is 1.70. The van der Waals surface area contributed by atoms with Gasteiger partial charge < -0.3 is 0 Å². The van der Waals surface area contributed by atoms with Crippen molar-refractivity contribution in [2.45, 2.75) is 32.1 Å². The van der Waals surface area contributed by atoms with Crippen molar-refractivity contribution in [2.75, 3.05) is 0 Å². The highest BCUT2D eigenvalue weighted by molar-refractivity contribution is 5.73. The molecule has 0 unspecified atom stereocenters. The van der Waals surface area contributed by atoms with Gasteiger partial charge in [0.1, 0.15) is 6.29 Å².